The first-order valence-corrected chi connectivity index (χ1v) is 15.6. The van der Waals surface area contributed by atoms with Crippen LogP contribution in [0.5, 0.6) is 0 Å². The maximum Gasteiger partial charge on any atom is 0.322 e. The summed E-state index contributed by atoms with van der Waals surface area (Å²) in [6.45, 7) is 19.0. The molecule has 2 fully saturated rings. The van der Waals surface area contributed by atoms with Crippen LogP contribution in [0.4, 0.5) is 0 Å². The number of unbranched alkanes of at least 4 members (excludes halogenated alkanes) is 4. The summed E-state index contributed by atoms with van der Waals surface area (Å²) in [7, 11) is 0. The summed E-state index contributed by atoms with van der Waals surface area (Å²) in [5.74, 6) is -1.99. The summed E-state index contributed by atoms with van der Waals surface area (Å²) in [6, 6.07) is 0. The Labute approximate surface area is 252 Å². The van der Waals surface area contributed by atoms with Crippen LogP contribution in [0.3, 0.4) is 0 Å². The largest absolute Gasteiger partial charge is 0.481 e. The number of rotatable bonds is 13. The lowest BCUT2D eigenvalue weighted by molar-refractivity contribution is -0.278. The van der Waals surface area contributed by atoms with Crippen LogP contribution in [0.2, 0.25) is 0 Å². The van der Waals surface area contributed by atoms with Gasteiger partial charge in [0.2, 0.25) is 0 Å². The Balaban J connectivity index is 2.22. The van der Waals surface area contributed by atoms with Crippen molar-refractivity contribution >= 4 is 23.9 Å². The van der Waals surface area contributed by atoms with Gasteiger partial charge in [0.25, 0.3) is 0 Å². The van der Waals surface area contributed by atoms with Gasteiger partial charge in [0, 0.05) is 33.1 Å². The molecule has 2 saturated heterocycles. The summed E-state index contributed by atoms with van der Waals surface area (Å²) in [5.41, 5.74) is -2.01. The van der Waals surface area contributed by atoms with E-state index in [0.717, 1.165) is 25.7 Å². The minimum absolute atomic E-state index is 0.0310. The number of esters is 1. The number of hydrogen-bond donors (Lipinski definition) is 1. The SMILES string of the molecule is CC(=O)ON1C(C)(C)CC(OC(=O)C(CCCCCCCC(=O)O)C2CC(C)(C)N(OC(C)=O)C(C)(C)C2)CC1(C)C. The van der Waals surface area contributed by atoms with E-state index < -0.39 is 28.1 Å². The fourth-order valence-corrected chi connectivity index (χ4v) is 7.60. The monoisotopic (exact) mass is 596 g/mol. The molecule has 0 aliphatic carbocycles. The van der Waals surface area contributed by atoms with E-state index >= 15 is 0 Å². The standard InChI is InChI=1S/C32H56N2O8/c1-22(35)41-33-29(3,4)18-24(19-30(33,5)6)26(16-14-12-11-13-15-17-27(37)38)28(39)40-25-20-31(7,8)34(42-23(2)36)32(9,10)21-25/h24-26H,11-21H2,1-10H3,(H,37,38). The molecule has 0 radical (unpaired) electrons. The van der Waals surface area contributed by atoms with Gasteiger partial charge in [0.05, 0.1) is 28.1 Å². The number of hydrogen-bond acceptors (Lipinski definition) is 9. The van der Waals surface area contributed by atoms with Crippen molar-refractivity contribution in [1.29, 1.82) is 0 Å². The third-order valence-electron chi connectivity index (χ3n) is 8.68. The molecule has 0 amide bonds. The summed E-state index contributed by atoms with van der Waals surface area (Å²) in [5, 5.41) is 12.4. The molecule has 0 aromatic carbocycles. The third kappa shape index (κ3) is 9.93. The van der Waals surface area contributed by atoms with Gasteiger partial charge in [0.1, 0.15) is 6.10 Å². The quantitative estimate of drug-likeness (QED) is 0.194. The molecule has 0 spiro atoms. The van der Waals surface area contributed by atoms with E-state index in [1.165, 1.54) is 13.8 Å². The first kappa shape index (κ1) is 36.0. The minimum Gasteiger partial charge on any atom is -0.481 e. The van der Waals surface area contributed by atoms with Crippen LogP contribution in [0, 0.1) is 11.8 Å². The Hall–Kier alpha value is -2.20. The van der Waals surface area contributed by atoms with Crippen LogP contribution in [0.15, 0.2) is 0 Å². The highest BCUT2D eigenvalue weighted by Crippen LogP contribution is 2.46. The molecule has 42 heavy (non-hydrogen) atoms. The maximum atomic E-state index is 14.0. The average molecular weight is 597 g/mol. The number of carboxylic acids is 1. The van der Waals surface area contributed by atoms with Gasteiger partial charge in [-0.15, -0.1) is 10.1 Å². The smallest absolute Gasteiger partial charge is 0.322 e. The number of ether oxygens (including phenoxy) is 1. The molecule has 0 aromatic heterocycles. The molecule has 2 aliphatic rings. The van der Waals surface area contributed by atoms with Crippen molar-refractivity contribution in [3.8, 4) is 0 Å². The highest BCUT2D eigenvalue weighted by atomic mass is 16.7. The molecule has 0 saturated carbocycles. The Bertz CT molecular complexity index is 938. The van der Waals surface area contributed by atoms with Crippen LogP contribution >= 0.6 is 0 Å². The zero-order valence-corrected chi connectivity index (χ0v) is 27.7. The topological polar surface area (TPSA) is 123 Å². The molecular formula is C32H56N2O8. The molecule has 10 heteroatoms. The zero-order chi connectivity index (χ0) is 32.1. The van der Waals surface area contributed by atoms with E-state index in [4.69, 9.17) is 19.5 Å². The Morgan fingerprint density at radius 3 is 1.52 bits per heavy atom. The van der Waals surface area contributed by atoms with Crippen LogP contribution < -0.4 is 0 Å². The molecular weight excluding hydrogens is 540 g/mol. The summed E-state index contributed by atoms with van der Waals surface area (Å²) in [4.78, 5) is 59.8. The van der Waals surface area contributed by atoms with Crippen molar-refractivity contribution in [3.05, 3.63) is 0 Å². The summed E-state index contributed by atoms with van der Waals surface area (Å²) < 4.78 is 6.31. The number of hydroxylamine groups is 4. The Morgan fingerprint density at radius 2 is 1.10 bits per heavy atom. The first-order valence-electron chi connectivity index (χ1n) is 15.6. The first-order chi connectivity index (χ1) is 19.2. The molecule has 10 nitrogen and oxygen atoms in total. The van der Waals surface area contributed by atoms with E-state index in [2.05, 4.69) is 0 Å². The Morgan fingerprint density at radius 1 is 0.690 bits per heavy atom. The molecule has 0 bridgehead atoms. The molecule has 0 aromatic rings. The number of carbonyl (C=O) groups is 4. The van der Waals surface area contributed by atoms with Gasteiger partial charge < -0.3 is 19.5 Å². The van der Waals surface area contributed by atoms with Gasteiger partial charge in [-0.1, -0.05) is 25.7 Å². The van der Waals surface area contributed by atoms with E-state index in [0.29, 0.717) is 38.5 Å². The highest BCUT2D eigenvalue weighted by molar-refractivity contribution is 5.73. The lowest BCUT2D eigenvalue weighted by Gasteiger charge is -2.54. The van der Waals surface area contributed by atoms with Crippen molar-refractivity contribution in [2.24, 2.45) is 11.8 Å². The van der Waals surface area contributed by atoms with Crippen LogP contribution in [0.1, 0.15) is 140 Å². The van der Waals surface area contributed by atoms with E-state index in [1.807, 2.05) is 55.4 Å². The Kier molecular flexibility index (Phi) is 12.0. The normalized spacial score (nSPS) is 23.1. The second kappa shape index (κ2) is 14.1. The number of carboxylic acid groups (broad SMARTS) is 1. The van der Waals surface area contributed by atoms with Crippen molar-refractivity contribution in [1.82, 2.24) is 10.1 Å². The molecule has 1 N–H and O–H groups in total. The van der Waals surface area contributed by atoms with Crippen LogP contribution in [0.25, 0.3) is 0 Å². The van der Waals surface area contributed by atoms with E-state index in [1.54, 1.807) is 10.1 Å². The van der Waals surface area contributed by atoms with Gasteiger partial charge in [-0.3, -0.25) is 19.2 Å². The number of carbonyl (C=O) groups excluding carboxylic acids is 3. The summed E-state index contributed by atoms with van der Waals surface area (Å²) >= 11 is 0. The number of nitrogens with zero attached hydrogens (tertiary/aromatic N) is 2. The van der Waals surface area contributed by atoms with Crippen molar-refractivity contribution in [2.45, 2.75) is 168 Å². The molecule has 2 heterocycles. The van der Waals surface area contributed by atoms with Gasteiger partial charge >= 0.3 is 23.9 Å². The highest BCUT2D eigenvalue weighted by Gasteiger charge is 2.52. The van der Waals surface area contributed by atoms with Crippen LogP contribution in [-0.4, -0.2) is 67.4 Å². The van der Waals surface area contributed by atoms with Crippen molar-refractivity contribution in [3.63, 3.8) is 0 Å². The van der Waals surface area contributed by atoms with Gasteiger partial charge in [-0.05, 0) is 87.0 Å². The van der Waals surface area contributed by atoms with Gasteiger partial charge in [0.15, 0.2) is 0 Å². The third-order valence-corrected chi connectivity index (χ3v) is 8.68. The zero-order valence-electron chi connectivity index (χ0n) is 27.7. The predicted octanol–water partition coefficient (Wildman–Crippen LogP) is 6.21. The molecule has 1 atom stereocenters. The minimum atomic E-state index is -0.770. The fourth-order valence-electron chi connectivity index (χ4n) is 7.60. The summed E-state index contributed by atoms with van der Waals surface area (Å²) in [6.07, 6.45) is 7.16. The van der Waals surface area contributed by atoms with Gasteiger partial charge in [-0.2, -0.15) is 0 Å². The molecule has 242 valence electrons. The fraction of sp³-hybridized carbons (Fsp3) is 0.875. The van der Waals surface area contributed by atoms with Crippen LogP contribution in [-0.2, 0) is 33.6 Å². The second-order valence-electron chi connectivity index (χ2n) is 14.9. The number of piperidine rings is 2. The average Bonchev–Trinajstić information content (AvgIpc) is 2.79. The van der Waals surface area contributed by atoms with E-state index in [-0.39, 0.29) is 42.3 Å². The predicted molar refractivity (Wildman–Crippen MR) is 159 cm³/mol. The molecule has 2 aliphatic heterocycles. The maximum absolute atomic E-state index is 14.0. The van der Waals surface area contributed by atoms with E-state index in [9.17, 15) is 19.2 Å². The lowest BCUT2D eigenvalue weighted by Crippen LogP contribution is -2.63. The van der Waals surface area contributed by atoms with Crippen molar-refractivity contribution in [2.75, 3.05) is 0 Å². The van der Waals surface area contributed by atoms with Gasteiger partial charge in [-0.25, -0.2) is 0 Å². The van der Waals surface area contributed by atoms with Crippen molar-refractivity contribution < 1.29 is 38.7 Å². The lowest BCUT2D eigenvalue weighted by atomic mass is 9.69. The number of aliphatic carboxylic acids is 1. The second-order valence-corrected chi connectivity index (χ2v) is 14.9. The molecule has 2 rings (SSSR count). The molecule has 1 unspecified atom stereocenters.